The van der Waals surface area contributed by atoms with Crippen molar-refractivity contribution in [1.82, 2.24) is 0 Å². The highest BCUT2D eigenvalue weighted by Gasteiger charge is 2.06. The lowest BCUT2D eigenvalue weighted by Gasteiger charge is -2.05. The van der Waals surface area contributed by atoms with Crippen molar-refractivity contribution in [3.05, 3.63) is 41.9 Å². The number of furan rings is 1. The molecule has 2 rings (SSSR count). The number of nitrogens with two attached hydrogens (primary N) is 1. The topological polar surface area (TPSA) is 39.2 Å². The maximum absolute atomic E-state index is 5.76. The smallest absolute Gasteiger partial charge is 0.114 e. The van der Waals surface area contributed by atoms with E-state index in [0.717, 1.165) is 16.3 Å². The van der Waals surface area contributed by atoms with E-state index < -0.39 is 0 Å². The van der Waals surface area contributed by atoms with Crippen LogP contribution in [0, 0.1) is 13.8 Å². The zero-order chi connectivity index (χ0) is 10.8. The van der Waals surface area contributed by atoms with E-state index in [9.17, 15) is 0 Å². The summed E-state index contributed by atoms with van der Waals surface area (Å²) in [5.41, 5.74) is 7.78. The van der Waals surface area contributed by atoms with Gasteiger partial charge in [-0.15, -0.1) is 0 Å². The SMILES string of the molecule is Cc1ccc(N)cc1Sc1ccoc1C. The quantitative estimate of drug-likeness (QED) is 0.784. The molecule has 0 amide bonds. The predicted molar refractivity (Wildman–Crippen MR) is 63.2 cm³/mol. The summed E-state index contributed by atoms with van der Waals surface area (Å²) < 4.78 is 5.25. The summed E-state index contributed by atoms with van der Waals surface area (Å²) in [6, 6.07) is 7.92. The highest BCUT2D eigenvalue weighted by molar-refractivity contribution is 7.99. The van der Waals surface area contributed by atoms with Crippen LogP contribution < -0.4 is 5.73 Å². The van der Waals surface area contributed by atoms with E-state index in [1.807, 2.05) is 31.2 Å². The molecule has 0 radical (unpaired) electrons. The average Bonchev–Trinajstić information content (AvgIpc) is 2.58. The summed E-state index contributed by atoms with van der Waals surface area (Å²) in [4.78, 5) is 2.32. The maximum atomic E-state index is 5.76. The molecule has 0 aliphatic rings. The van der Waals surface area contributed by atoms with Gasteiger partial charge in [-0.3, -0.25) is 0 Å². The molecule has 0 aliphatic heterocycles. The fourth-order valence-corrected chi connectivity index (χ4v) is 2.30. The first-order chi connectivity index (χ1) is 7.16. The Morgan fingerprint density at radius 1 is 1.13 bits per heavy atom. The zero-order valence-electron chi connectivity index (χ0n) is 8.78. The van der Waals surface area contributed by atoms with Crippen LogP contribution in [-0.4, -0.2) is 0 Å². The molecule has 0 fully saturated rings. The van der Waals surface area contributed by atoms with Crippen LogP contribution in [0.1, 0.15) is 11.3 Å². The summed E-state index contributed by atoms with van der Waals surface area (Å²) in [6.45, 7) is 4.04. The average molecular weight is 219 g/mol. The molecule has 15 heavy (non-hydrogen) atoms. The van der Waals surface area contributed by atoms with Gasteiger partial charge in [0.25, 0.3) is 0 Å². The zero-order valence-corrected chi connectivity index (χ0v) is 9.60. The predicted octanol–water partition coefficient (Wildman–Crippen LogP) is 3.63. The van der Waals surface area contributed by atoms with Gasteiger partial charge in [0, 0.05) is 10.6 Å². The van der Waals surface area contributed by atoms with Gasteiger partial charge in [0.05, 0.1) is 11.2 Å². The van der Waals surface area contributed by atoms with Crippen LogP contribution in [0.15, 0.2) is 44.7 Å². The van der Waals surface area contributed by atoms with Crippen molar-refractivity contribution in [2.45, 2.75) is 23.6 Å². The molecule has 0 saturated carbocycles. The van der Waals surface area contributed by atoms with Gasteiger partial charge in [-0.2, -0.15) is 0 Å². The Kier molecular flexibility index (Phi) is 2.73. The molecule has 1 heterocycles. The number of aryl methyl sites for hydroxylation is 2. The third kappa shape index (κ3) is 2.18. The monoisotopic (exact) mass is 219 g/mol. The van der Waals surface area contributed by atoms with Crippen molar-refractivity contribution in [3.63, 3.8) is 0 Å². The molecule has 0 spiro atoms. The summed E-state index contributed by atoms with van der Waals surface area (Å²) in [7, 11) is 0. The van der Waals surface area contributed by atoms with Crippen molar-refractivity contribution in [2.24, 2.45) is 0 Å². The van der Waals surface area contributed by atoms with E-state index in [2.05, 4.69) is 6.92 Å². The first kappa shape index (κ1) is 10.2. The Labute approximate surface area is 93.5 Å². The van der Waals surface area contributed by atoms with E-state index in [0.29, 0.717) is 0 Å². The fraction of sp³-hybridized carbons (Fsp3) is 0.167. The number of nitrogen functional groups attached to an aromatic ring is 1. The molecule has 0 aliphatic carbocycles. The molecule has 2 nitrogen and oxygen atoms in total. The number of hydrogen-bond acceptors (Lipinski definition) is 3. The van der Waals surface area contributed by atoms with E-state index >= 15 is 0 Å². The molecule has 0 bridgehead atoms. The molecular formula is C12H13NOS. The second-order valence-corrected chi connectivity index (χ2v) is 4.55. The van der Waals surface area contributed by atoms with Gasteiger partial charge in [0.2, 0.25) is 0 Å². The minimum absolute atomic E-state index is 0.796. The van der Waals surface area contributed by atoms with E-state index in [1.54, 1.807) is 18.0 Å². The Morgan fingerprint density at radius 3 is 2.60 bits per heavy atom. The fourth-order valence-electron chi connectivity index (χ4n) is 1.32. The third-order valence-corrected chi connectivity index (χ3v) is 3.55. The summed E-state index contributed by atoms with van der Waals surface area (Å²) >= 11 is 1.69. The molecule has 1 aromatic heterocycles. The number of anilines is 1. The van der Waals surface area contributed by atoms with Gasteiger partial charge in [-0.1, -0.05) is 17.8 Å². The molecular weight excluding hydrogens is 206 g/mol. The second kappa shape index (κ2) is 4.03. The van der Waals surface area contributed by atoms with E-state index in [1.165, 1.54) is 10.5 Å². The highest BCUT2D eigenvalue weighted by atomic mass is 32.2. The molecule has 2 N–H and O–H groups in total. The van der Waals surface area contributed by atoms with E-state index in [4.69, 9.17) is 10.2 Å². The molecule has 0 saturated heterocycles. The van der Waals surface area contributed by atoms with Gasteiger partial charge in [0.1, 0.15) is 5.76 Å². The van der Waals surface area contributed by atoms with Crippen LogP contribution in [0.2, 0.25) is 0 Å². The Bertz CT molecular complexity index is 476. The van der Waals surface area contributed by atoms with Gasteiger partial charge in [-0.25, -0.2) is 0 Å². The van der Waals surface area contributed by atoms with Gasteiger partial charge in [0.15, 0.2) is 0 Å². The normalized spacial score (nSPS) is 10.5. The standard InChI is InChI=1S/C12H13NOS/c1-8-3-4-10(13)7-12(8)15-11-5-6-14-9(11)2/h3-7H,13H2,1-2H3. The summed E-state index contributed by atoms with van der Waals surface area (Å²) in [5, 5.41) is 0. The van der Waals surface area contributed by atoms with Crippen LogP contribution >= 0.6 is 11.8 Å². The van der Waals surface area contributed by atoms with Crippen molar-refractivity contribution < 1.29 is 4.42 Å². The first-order valence-electron chi connectivity index (χ1n) is 4.75. The van der Waals surface area contributed by atoms with Gasteiger partial charge in [-0.05, 0) is 37.6 Å². The Balaban J connectivity index is 2.32. The summed E-state index contributed by atoms with van der Waals surface area (Å²) in [5.74, 6) is 0.946. The van der Waals surface area contributed by atoms with Crippen molar-refractivity contribution in [1.29, 1.82) is 0 Å². The lowest BCUT2D eigenvalue weighted by Crippen LogP contribution is -1.87. The minimum atomic E-state index is 0.796. The second-order valence-electron chi connectivity index (χ2n) is 3.47. The molecule has 1 aromatic carbocycles. The number of hydrogen-bond donors (Lipinski definition) is 1. The Morgan fingerprint density at radius 2 is 1.93 bits per heavy atom. The van der Waals surface area contributed by atoms with Crippen LogP contribution in [0.25, 0.3) is 0 Å². The van der Waals surface area contributed by atoms with Crippen LogP contribution in [0.5, 0.6) is 0 Å². The van der Waals surface area contributed by atoms with E-state index in [-0.39, 0.29) is 0 Å². The van der Waals surface area contributed by atoms with Crippen LogP contribution in [0.3, 0.4) is 0 Å². The molecule has 3 heteroatoms. The minimum Gasteiger partial charge on any atom is -0.468 e. The van der Waals surface area contributed by atoms with Crippen molar-refractivity contribution >= 4 is 17.4 Å². The Hall–Kier alpha value is -1.35. The van der Waals surface area contributed by atoms with Crippen molar-refractivity contribution in [3.8, 4) is 0 Å². The van der Waals surface area contributed by atoms with Crippen molar-refractivity contribution in [2.75, 3.05) is 5.73 Å². The van der Waals surface area contributed by atoms with Gasteiger partial charge < -0.3 is 10.2 Å². The number of rotatable bonds is 2. The molecule has 0 unspecified atom stereocenters. The first-order valence-corrected chi connectivity index (χ1v) is 5.56. The molecule has 78 valence electrons. The third-order valence-electron chi connectivity index (χ3n) is 2.24. The van der Waals surface area contributed by atoms with Crippen LogP contribution in [-0.2, 0) is 0 Å². The molecule has 0 atom stereocenters. The summed E-state index contributed by atoms with van der Waals surface area (Å²) in [6.07, 6.45) is 1.71. The van der Waals surface area contributed by atoms with Crippen LogP contribution in [0.4, 0.5) is 5.69 Å². The lowest BCUT2D eigenvalue weighted by molar-refractivity contribution is 0.527. The largest absolute Gasteiger partial charge is 0.468 e. The maximum Gasteiger partial charge on any atom is 0.114 e. The lowest BCUT2D eigenvalue weighted by atomic mass is 10.2. The molecule has 2 aromatic rings. The van der Waals surface area contributed by atoms with Gasteiger partial charge >= 0.3 is 0 Å². The number of benzene rings is 1. The highest BCUT2D eigenvalue weighted by Crippen LogP contribution is 2.33.